The Hall–Kier alpha value is -1.40. The highest BCUT2D eigenvalue weighted by Crippen LogP contribution is 2.30. The third-order valence-corrected chi connectivity index (χ3v) is 7.22. The summed E-state index contributed by atoms with van der Waals surface area (Å²) in [5.74, 6) is -0.169. The van der Waals surface area contributed by atoms with Gasteiger partial charge in [-0.25, -0.2) is 8.42 Å². The van der Waals surface area contributed by atoms with Gasteiger partial charge in [0.25, 0.3) is 0 Å². The number of hydrogen-bond donors (Lipinski definition) is 1. The lowest BCUT2D eigenvalue weighted by Crippen LogP contribution is -2.48. The molecule has 1 N–H and O–H groups in total. The highest BCUT2D eigenvalue weighted by molar-refractivity contribution is 7.89. The highest BCUT2D eigenvalue weighted by atomic mass is 32.2. The van der Waals surface area contributed by atoms with E-state index in [0.717, 1.165) is 29.5 Å². The van der Waals surface area contributed by atoms with Crippen molar-refractivity contribution in [1.29, 1.82) is 0 Å². The summed E-state index contributed by atoms with van der Waals surface area (Å²) < 4.78 is 27.9. The van der Waals surface area contributed by atoms with E-state index in [0.29, 0.717) is 24.3 Å². The minimum atomic E-state index is -3.69. The number of aryl methyl sites for hydroxylation is 3. The van der Waals surface area contributed by atoms with Crippen molar-refractivity contribution in [3.05, 3.63) is 28.8 Å². The van der Waals surface area contributed by atoms with Crippen LogP contribution in [-0.4, -0.2) is 37.3 Å². The third-order valence-electron chi connectivity index (χ3n) is 5.01. The predicted octanol–water partition coefficient (Wildman–Crippen LogP) is 3.07. The van der Waals surface area contributed by atoms with E-state index in [9.17, 15) is 13.2 Å². The second-order valence-electron chi connectivity index (χ2n) is 7.02. The maximum atomic E-state index is 13.3. The Morgan fingerprint density at radius 3 is 2.28 bits per heavy atom. The zero-order valence-electron chi connectivity index (χ0n) is 15.9. The molecule has 1 aliphatic rings. The second-order valence-corrected chi connectivity index (χ2v) is 8.85. The fraction of sp³-hybridized carbons (Fsp3) is 0.632. The maximum absolute atomic E-state index is 13.3. The van der Waals surface area contributed by atoms with Crippen LogP contribution in [0.15, 0.2) is 17.0 Å². The quantitative estimate of drug-likeness (QED) is 0.841. The normalized spacial score (nSPS) is 18.7. The molecule has 25 heavy (non-hydrogen) atoms. The molecule has 1 heterocycles. The molecule has 1 aromatic rings. The Bertz CT molecular complexity index is 716. The van der Waals surface area contributed by atoms with Crippen LogP contribution in [0.4, 0.5) is 0 Å². The highest BCUT2D eigenvalue weighted by Gasteiger charge is 2.40. The fourth-order valence-corrected chi connectivity index (χ4v) is 5.84. The van der Waals surface area contributed by atoms with Crippen molar-refractivity contribution < 1.29 is 13.2 Å². The lowest BCUT2D eigenvalue weighted by molar-refractivity contribution is -0.125. The van der Waals surface area contributed by atoms with Crippen LogP contribution in [0.1, 0.15) is 56.2 Å². The van der Waals surface area contributed by atoms with E-state index in [1.54, 1.807) is 0 Å². The molecule has 1 fully saturated rings. The Balaban J connectivity index is 2.34. The monoisotopic (exact) mass is 366 g/mol. The molecule has 0 aromatic heterocycles. The van der Waals surface area contributed by atoms with Gasteiger partial charge in [-0.2, -0.15) is 4.31 Å². The first-order chi connectivity index (χ1) is 11.7. The topological polar surface area (TPSA) is 66.5 Å². The van der Waals surface area contributed by atoms with Crippen LogP contribution in [0, 0.1) is 20.8 Å². The number of rotatable bonds is 6. The summed E-state index contributed by atoms with van der Waals surface area (Å²) in [5.41, 5.74) is 2.52. The molecule has 0 aliphatic carbocycles. The molecule has 0 spiro atoms. The molecule has 1 atom stereocenters. The lowest BCUT2D eigenvalue weighted by atomic mass is 10.1. The molecule has 140 valence electrons. The summed E-state index contributed by atoms with van der Waals surface area (Å²) in [7, 11) is -3.69. The lowest BCUT2D eigenvalue weighted by Gasteiger charge is -2.27. The van der Waals surface area contributed by atoms with Crippen LogP contribution in [0.3, 0.4) is 0 Å². The van der Waals surface area contributed by atoms with E-state index in [1.807, 2.05) is 46.8 Å². The van der Waals surface area contributed by atoms with Crippen molar-refractivity contribution in [2.45, 2.75) is 77.3 Å². The average Bonchev–Trinajstić information content (AvgIpc) is 3.01. The molecular weight excluding hydrogens is 336 g/mol. The van der Waals surface area contributed by atoms with Gasteiger partial charge in [0.15, 0.2) is 0 Å². The van der Waals surface area contributed by atoms with E-state index in [4.69, 9.17) is 0 Å². The second kappa shape index (κ2) is 7.87. The van der Waals surface area contributed by atoms with Crippen molar-refractivity contribution in [1.82, 2.24) is 9.62 Å². The first kappa shape index (κ1) is 19.9. The minimum absolute atomic E-state index is 0.0977. The first-order valence-corrected chi connectivity index (χ1v) is 10.6. The van der Waals surface area contributed by atoms with E-state index < -0.39 is 16.1 Å². The molecule has 1 aliphatic heterocycles. The fourth-order valence-electron chi connectivity index (χ4n) is 3.77. The van der Waals surface area contributed by atoms with Crippen LogP contribution in [-0.2, 0) is 14.8 Å². The van der Waals surface area contributed by atoms with Gasteiger partial charge in [0.2, 0.25) is 15.9 Å². The summed E-state index contributed by atoms with van der Waals surface area (Å²) in [6.07, 6.45) is 2.98. The molecular formula is C19H30N2O3S. The van der Waals surface area contributed by atoms with Crippen LogP contribution in [0.5, 0.6) is 0 Å². The molecule has 0 saturated carbocycles. The summed E-state index contributed by atoms with van der Waals surface area (Å²) in [5, 5.41) is 3.01. The van der Waals surface area contributed by atoms with Crippen molar-refractivity contribution in [2.24, 2.45) is 0 Å². The van der Waals surface area contributed by atoms with Crippen molar-refractivity contribution in [3.63, 3.8) is 0 Å². The zero-order chi connectivity index (χ0) is 18.8. The SMILES string of the molecule is CCC(CC)NC(=O)[C@H]1CCCN1S(=O)(=O)c1c(C)cc(C)cc1C. The number of nitrogens with one attached hydrogen (secondary N) is 1. The molecule has 0 bridgehead atoms. The molecule has 1 saturated heterocycles. The molecule has 0 radical (unpaired) electrons. The molecule has 6 heteroatoms. The van der Waals surface area contributed by atoms with Gasteiger partial charge in [0, 0.05) is 12.6 Å². The van der Waals surface area contributed by atoms with Gasteiger partial charge < -0.3 is 5.32 Å². The summed E-state index contributed by atoms with van der Waals surface area (Å²) in [6.45, 7) is 10.0. The Morgan fingerprint density at radius 1 is 1.20 bits per heavy atom. The van der Waals surface area contributed by atoms with Gasteiger partial charge in [-0.1, -0.05) is 31.5 Å². The first-order valence-electron chi connectivity index (χ1n) is 9.12. The Morgan fingerprint density at radius 2 is 1.76 bits per heavy atom. The van der Waals surface area contributed by atoms with Gasteiger partial charge >= 0.3 is 0 Å². The molecule has 5 nitrogen and oxygen atoms in total. The Labute approximate surface area is 151 Å². The van der Waals surface area contributed by atoms with Gasteiger partial charge in [-0.05, 0) is 57.6 Å². The maximum Gasteiger partial charge on any atom is 0.244 e. The van der Waals surface area contributed by atoms with E-state index >= 15 is 0 Å². The number of sulfonamides is 1. The van der Waals surface area contributed by atoms with Gasteiger partial charge in [0.05, 0.1) is 4.90 Å². The Kier molecular flexibility index (Phi) is 6.27. The van der Waals surface area contributed by atoms with Crippen molar-refractivity contribution in [2.75, 3.05) is 6.54 Å². The summed E-state index contributed by atoms with van der Waals surface area (Å²) >= 11 is 0. The molecule has 1 amide bonds. The number of carbonyl (C=O) groups excluding carboxylic acids is 1. The van der Waals surface area contributed by atoms with Gasteiger partial charge in [-0.15, -0.1) is 0 Å². The molecule has 1 aromatic carbocycles. The van der Waals surface area contributed by atoms with E-state index in [-0.39, 0.29) is 11.9 Å². The van der Waals surface area contributed by atoms with Crippen LogP contribution < -0.4 is 5.32 Å². The average molecular weight is 367 g/mol. The number of benzene rings is 1. The molecule has 2 rings (SSSR count). The largest absolute Gasteiger partial charge is 0.352 e. The third kappa shape index (κ3) is 4.06. The predicted molar refractivity (Wildman–Crippen MR) is 100 cm³/mol. The summed E-state index contributed by atoms with van der Waals surface area (Å²) in [4.78, 5) is 13.0. The number of amides is 1. The smallest absolute Gasteiger partial charge is 0.244 e. The minimum Gasteiger partial charge on any atom is -0.352 e. The van der Waals surface area contributed by atoms with Crippen molar-refractivity contribution >= 4 is 15.9 Å². The summed E-state index contributed by atoms with van der Waals surface area (Å²) in [6, 6.07) is 3.26. The number of nitrogens with zero attached hydrogens (tertiary/aromatic N) is 1. The number of carbonyl (C=O) groups is 1. The molecule has 0 unspecified atom stereocenters. The van der Waals surface area contributed by atoms with Gasteiger partial charge in [-0.3, -0.25) is 4.79 Å². The van der Waals surface area contributed by atoms with Crippen LogP contribution in [0.25, 0.3) is 0 Å². The van der Waals surface area contributed by atoms with Crippen LogP contribution >= 0.6 is 0 Å². The number of hydrogen-bond acceptors (Lipinski definition) is 3. The standard InChI is InChI=1S/C19H30N2O3S/c1-6-16(7-2)20-19(22)17-9-8-10-21(17)25(23,24)18-14(4)11-13(3)12-15(18)5/h11-12,16-17H,6-10H2,1-5H3,(H,20,22)/t17-/m1/s1. The zero-order valence-corrected chi connectivity index (χ0v) is 16.7. The van der Waals surface area contributed by atoms with E-state index in [2.05, 4.69) is 5.32 Å². The van der Waals surface area contributed by atoms with Crippen LogP contribution in [0.2, 0.25) is 0 Å². The van der Waals surface area contributed by atoms with Crippen molar-refractivity contribution in [3.8, 4) is 0 Å². The van der Waals surface area contributed by atoms with Gasteiger partial charge in [0.1, 0.15) is 6.04 Å². The van der Waals surface area contributed by atoms with E-state index in [1.165, 1.54) is 4.31 Å².